The number of carbonyl (C=O) groups excluding carboxylic acids is 2. The lowest BCUT2D eigenvalue weighted by Crippen LogP contribution is -2.16. The molecule has 2 nitrogen and oxygen atoms in total. The van der Waals surface area contributed by atoms with Gasteiger partial charge in [0.15, 0.2) is 0 Å². The Morgan fingerprint density at radius 1 is 0.679 bits per heavy atom. The van der Waals surface area contributed by atoms with Gasteiger partial charge < -0.3 is 4.79 Å². The van der Waals surface area contributed by atoms with Gasteiger partial charge in [0.1, 0.15) is 12.1 Å². The molecule has 2 unspecified atom stereocenters. The maximum Gasteiger partial charge on any atom is 0.135 e. The van der Waals surface area contributed by atoms with Crippen molar-refractivity contribution in [2.45, 2.75) is 143 Å². The second-order valence-corrected chi connectivity index (χ2v) is 9.01. The fraction of sp³-hybridized carbons (Fsp3) is 0.923. The third kappa shape index (κ3) is 17.4. The number of hydrogen-bond acceptors (Lipinski definition) is 2. The van der Waals surface area contributed by atoms with Crippen LogP contribution >= 0.6 is 0 Å². The van der Waals surface area contributed by atoms with Crippen LogP contribution in [0, 0.1) is 11.8 Å². The molecule has 166 valence electrons. The van der Waals surface area contributed by atoms with E-state index in [2.05, 4.69) is 20.8 Å². The smallest absolute Gasteiger partial charge is 0.135 e. The topological polar surface area (TPSA) is 34.1 Å². The molecule has 0 heterocycles. The molecular weight excluding hydrogens is 344 g/mol. The normalized spacial score (nSPS) is 13.4. The second kappa shape index (κ2) is 21.1. The van der Waals surface area contributed by atoms with Crippen LogP contribution in [0.3, 0.4) is 0 Å². The summed E-state index contributed by atoms with van der Waals surface area (Å²) in [7, 11) is 0. The van der Waals surface area contributed by atoms with E-state index in [0.29, 0.717) is 18.6 Å². The molecule has 2 atom stereocenters. The van der Waals surface area contributed by atoms with Crippen LogP contribution in [0.15, 0.2) is 0 Å². The quantitative estimate of drug-likeness (QED) is 0.136. The van der Waals surface area contributed by atoms with Crippen LogP contribution in [0.25, 0.3) is 0 Å². The molecule has 0 aliphatic heterocycles. The summed E-state index contributed by atoms with van der Waals surface area (Å²) in [6, 6.07) is 0. The monoisotopic (exact) mass is 394 g/mol. The highest BCUT2D eigenvalue weighted by Gasteiger charge is 2.18. The molecule has 0 aliphatic carbocycles. The standard InChI is InChI=1S/C26H50O2/c1-4-6-8-10-12-14-15-17-19-24(3)26(28)23-25(21-22-27)20-18-16-13-11-9-7-5-2/h22,24-25H,4-21,23H2,1-3H3. The number of ketones is 1. The van der Waals surface area contributed by atoms with Gasteiger partial charge in [-0.1, -0.05) is 117 Å². The van der Waals surface area contributed by atoms with E-state index in [4.69, 9.17) is 0 Å². The van der Waals surface area contributed by atoms with Crippen LogP contribution in [0.2, 0.25) is 0 Å². The first-order chi connectivity index (χ1) is 13.7. The number of hydrogen-bond donors (Lipinski definition) is 0. The van der Waals surface area contributed by atoms with Gasteiger partial charge in [-0.25, -0.2) is 0 Å². The molecule has 0 aromatic carbocycles. The van der Waals surface area contributed by atoms with Crippen molar-refractivity contribution in [3.63, 3.8) is 0 Å². The molecule has 0 bridgehead atoms. The lowest BCUT2D eigenvalue weighted by atomic mass is 9.87. The molecule has 0 spiro atoms. The first-order valence-electron chi connectivity index (χ1n) is 12.6. The maximum atomic E-state index is 12.6. The number of rotatable bonds is 22. The fourth-order valence-electron chi connectivity index (χ4n) is 4.06. The maximum absolute atomic E-state index is 12.6. The third-order valence-corrected chi connectivity index (χ3v) is 6.18. The van der Waals surface area contributed by atoms with Crippen LogP contribution in [0.5, 0.6) is 0 Å². The van der Waals surface area contributed by atoms with Gasteiger partial charge >= 0.3 is 0 Å². The number of carbonyl (C=O) groups is 2. The minimum atomic E-state index is 0.170. The Kier molecular flexibility index (Phi) is 20.6. The van der Waals surface area contributed by atoms with E-state index in [1.807, 2.05) is 0 Å². The summed E-state index contributed by atoms with van der Waals surface area (Å²) in [6.07, 6.45) is 23.8. The van der Waals surface area contributed by atoms with E-state index in [1.54, 1.807) is 0 Å². The number of unbranched alkanes of at least 4 members (excludes halogenated alkanes) is 13. The zero-order valence-corrected chi connectivity index (χ0v) is 19.5. The van der Waals surface area contributed by atoms with Crippen molar-refractivity contribution in [3.8, 4) is 0 Å². The van der Waals surface area contributed by atoms with Gasteiger partial charge in [-0.15, -0.1) is 0 Å². The fourth-order valence-corrected chi connectivity index (χ4v) is 4.06. The highest BCUT2D eigenvalue weighted by atomic mass is 16.1. The lowest BCUT2D eigenvalue weighted by Gasteiger charge is -2.17. The van der Waals surface area contributed by atoms with Gasteiger partial charge in [0.05, 0.1) is 0 Å². The van der Waals surface area contributed by atoms with E-state index >= 15 is 0 Å². The molecule has 0 aliphatic rings. The first kappa shape index (κ1) is 27.3. The highest BCUT2D eigenvalue weighted by molar-refractivity contribution is 5.81. The van der Waals surface area contributed by atoms with Crippen molar-refractivity contribution in [3.05, 3.63) is 0 Å². The minimum Gasteiger partial charge on any atom is -0.303 e. The minimum absolute atomic E-state index is 0.170. The largest absolute Gasteiger partial charge is 0.303 e. The van der Waals surface area contributed by atoms with Crippen LogP contribution in [0.1, 0.15) is 143 Å². The van der Waals surface area contributed by atoms with E-state index in [1.165, 1.54) is 96.3 Å². The molecular formula is C26H50O2. The van der Waals surface area contributed by atoms with Gasteiger partial charge in [-0.2, -0.15) is 0 Å². The van der Waals surface area contributed by atoms with Crippen molar-refractivity contribution >= 4 is 12.1 Å². The zero-order chi connectivity index (χ0) is 20.9. The summed E-state index contributed by atoms with van der Waals surface area (Å²) in [5, 5.41) is 0. The summed E-state index contributed by atoms with van der Waals surface area (Å²) in [5.74, 6) is 0.836. The van der Waals surface area contributed by atoms with Crippen molar-refractivity contribution in [1.29, 1.82) is 0 Å². The summed E-state index contributed by atoms with van der Waals surface area (Å²) in [6.45, 7) is 6.60. The summed E-state index contributed by atoms with van der Waals surface area (Å²) < 4.78 is 0. The zero-order valence-electron chi connectivity index (χ0n) is 19.5. The highest BCUT2D eigenvalue weighted by Crippen LogP contribution is 2.22. The molecule has 0 saturated heterocycles. The van der Waals surface area contributed by atoms with E-state index in [0.717, 1.165) is 19.1 Å². The molecule has 0 radical (unpaired) electrons. The summed E-state index contributed by atoms with van der Waals surface area (Å²) >= 11 is 0. The average Bonchev–Trinajstić information content (AvgIpc) is 2.69. The van der Waals surface area contributed by atoms with Crippen LogP contribution in [-0.4, -0.2) is 12.1 Å². The van der Waals surface area contributed by atoms with E-state index in [9.17, 15) is 9.59 Å². The lowest BCUT2D eigenvalue weighted by molar-refractivity contribution is -0.123. The van der Waals surface area contributed by atoms with Crippen LogP contribution in [-0.2, 0) is 9.59 Å². The predicted molar refractivity (Wildman–Crippen MR) is 123 cm³/mol. The number of aldehydes is 1. The molecule has 0 amide bonds. The van der Waals surface area contributed by atoms with Gasteiger partial charge in [0.2, 0.25) is 0 Å². The molecule has 0 aromatic heterocycles. The Morgan fingerprint density at radius 3 is 1.57 bits per heavy atom. The Balaban J connectivity index is 3.83. The molecule has 0 fully saturated rings. The SMILES string of the molecule is CCCCCCCCCCC(C)C(=O)CC(CC=O)CCCCCCCCC. The van der Waals surface area contributed by atoms with Crippen LogP contribution < -0.4 is 0 Å². The first-order valence-corrected chi connectivity index (χ1v) is 12.6. The van der Waals surface area contributed by atoms with Gasteiger partial charge in [0.25, 0.3) is 0 Å². The van der Waals surface area contributed by atoms with E-state index < -0.39 is 0 Å². The molecule has 0 N–H and O–H groups in total. The summed E-state index contributed by atoms with van der Waals surface area (Å²) in [5.41, 5.74) is 0. The predicted octanol–water partition coefficient (Wildman–Crippen LogP) is 8.46. The molecule has 28 heavy (non-hydrogen) atoms. The Labute approximate surface area is 176 Å². The molecule has 0 rings (SSSR count). The van der Waals surface area contributed by atoms with Crippen molar-refractivity contribution in [2.24, 2.45) is 11.8 Å². The van der Waals surface area contributed by atoms with Crippen molar-refractivity contribution < 1.29 is 9.59 Å². The summed E-state index contributed by atoms with van der Waals surface area (Å²) in [4.78, 5) is 23.6. The Hall–Kier alpha value is -0.660. The van der Waals surface area contributed by atoms with Gasteiger partial charge in [0, 0.05) is 18.8 Å². The van der Waals surface area contributed by atoms with Crippen molar-refractivity contribution in [2.75, 3.05) is 0 Å². The Morgan fingerprint density at radius 2 is 1.11 bits per heavy atom. The van der Waals surface area contributed by atoms with Gasteiger partial charge in [-0.05, 0) is 18.8 Å². The molecule has 2 heteroatoms. The van der Waals surface area contributed by atoms with Crippen LogP contribution in [0.4, 0.5) is 0 Å². The molecule has 0 aromatic rings. The number of Topliss-reactive ketones (excluding diaryl/α,β-unsaturated/α-hetero) is 1. The third-order valence-electron chi connectivity index (χ3n) is 6.18. The average molecular weight is 395 g/mol. The molecule has 0 saturated carbocycles. The van der Waals surface area contributed by atoms with Crippen molar-refractivity contribution in [1.82, 2.24) is 0 Å². The Bertz CT molecular complexity index is 350. The second-order valence-electron chi connectivity index (χ2n) is 9.01. The van der Waals surface area contributed by atoms with Gasteiger partial charge in [-0.3, -0.25) is 4.79 Å². The van der Waals surface area contributed by atoms with E-state index in [-0.39, 0.29) is 11.8 Å².